The van der Waals surface area contributed by atoms with Gasteiger partial charge >= 0.3 is 11.7 Å². The van der Waals surface area contributed by atoms with Gasteiger partial charge in [0.05, 0.1) is 35.7 Å². The van der Waals surface area contributed by atoms with E-state index in [9.17, 15) is 35.1 Å². The summed E-state index contributed by atoms with van der Waals surface area (Å²) in [4.78, 5) is 45.5. The van der Waals surface area contributed by atoms with Crippen molar-refractivity contribution in [2.75, 3.05) is 19.5 Å². The monoisotopic (exact) mass is 558 g/mol. The molecule has 0 aliphatic heterocycles. The van der Waals surface area contributed by atoms with E-state index in [1.807, 2.05) is 6.07 Å². The summed E-state index contributed by atoms with van der Waals surface area (Å²) in [6.07, 6.45) is 3.05. The lowest BCUT2D eigenvalue weighted by atomic mass is 10.0. The van der Waals surface area contributed by atoms with Gasteiger partial charge < -0.3 is 19.5 Å². The highest BCUT2D eigenvalue weighted by atomic mass is 16.6. The van der Waals surface area contributed by atoms with Gasteiger partial charge in [0.25, 0.3) is 11.6 Å². The van der Waals surface area contributed by atoms with Crippen LogP contribution in [-0.4, -0.2) is 35.9 Å². The number of methoxy groups -OCH3 is 2. The Kier molecular flexibility index (Phi) is 9.48. The number of nitro groups is 2. The number of anilines is 1. The summed E-state index contributed by atoms with van der Waals surface area (Å²) < 4.78 is 15.9. The maximum absolute atomic E-state index is 12.8. The van der Waals surface area contributed by atoms with Gasteiger partial charge in [0.1, 0.15) is 11.6 Å². The zero-order valence-electron chi connectivity index (χ0n) is 21.8. The number of benzene rings is 3. The fourth-order valence-corrected chi connectivity index (χ4v) is 3.62. The van der Waals surface area contributed by atoms with Gasteiger partial charge in [-0.3, -0.25) is 25.0 Å². The molecule has 13 nitrogen and oxygen atoms in total. The van der Waals surface area contributed by atoms with Gasteiger partial charge in [-0.25, -0.2) is 4.79 Å². The lowest BCUT2D eigenvalue weighted by Crippen LogP contribution is -2.13. The van der Waals surface area contributed by atoms with Crippen LogP contribution in [0.1, 0.15) is 21.5 Å². The number of hydrogen-bond donors (Lipinski definition) is 1. The highest BCUT2D eigenvalue weighted by molar-refractivity contribution is 6.09. The van der Waals surface area contributed by atoms with Crippen LogP contribution < -0.4 is 14.8 Å². The van der Waals surface area contributed by atoms with Crippen LogP contribution in [0.4, 0.5) is 17.1 Å². The molecule has 0 aromatic heterocycles. The molecule has 0 radical (unpaired) electrons. The molecule has 0 atom stereocenters. The lowest BCUT2D eigenvalue weighted by Gasteiger charge is -2.16. The minimum Gasteiger partial charge on any atom is -0.493 e. The van der Waals surface area contributed by atoms with Crippen molar-refractivity contribution in [2.45, 2.75) is 6.42 Å². The maximum atomic E-state index is 12.8. The minimum absolute atomic E-state index is 0.0789. The molecule has 13 heteroatoms. The summed E-state index contributed by atoms with van der Waals surface area (Å²) in [5.74, 6) is -1.33. The number of carbonyl (C=O) groups is 2. The molecule has 0 unspecified atom stereocenters. The molecule has 0 saturated heterocycles. The van der Waals surface area contributed by atoms with Gasteiger partial charge in [-0.2, -0.15) is 5.26 Å². The van der Waals surface area contributed by atoms with Crippen LogP contribution in [0, 0.1) is 31.6 Å². The molecule has 0 spiro atoms. The first-order chi connectivity index (χ1) is 19.6. The Morgan fingerprint density at radius 1 is 1.02 bits per heavy atom. The van der Waals surface area contributed by atoms with E-state index in [0.29, 0.717) is 16.8 Å². The maximum Gasteiger partial charge on any atom is 0.337 e. The third-order valence-corrected chi connectivity index (χ3v) is 5.54. The molecule has 0 aliphatic rings. The summed E-state index contributed by atoms with van der Waals surface area (Å²) in [5.41, 5.74) is 0.0638. The molecule has 0 aliphatic carbocycles. The lowest BCUT2D eigenvalue weighted by molar-refractivity contribution is -0.394. The summed E-state index contributed by atoms with van der Waals surface area (Å²) in [7, 11) is 2.57. The number of non-ortho nitro benzene ring substituents is 1. The smallest absolute Gasteiger partial charge is 0.337 e. The third-order valence-electron chi connectivity index (χ3n) is 5.54. The quantitative estimate of drug-likeness (QED) is 0.0802. The van der Waals surface area contributed by atoms with Crippen molar-refractivity contribution in [1.82, 2.24) is 0 Å². The number of nitrogens with zero attached hydrogens (tertiary/aromatic N) is 3. The van der Waals surface area contributed by atoms with Crippen LogP contribution in [0.3, 0.4) is 0 Å². The van der Waals surface area contributed by atoms with Crippen LogP contribution in [0.5, 0.6) is 17.2 Å². The summed E-state index contributed by atoms with van der Waals surface area (Å²) in [6, 6.07) is 13.7. The van der Waals surface area contributed by atoms with E-state index in [-0.39, 0.29) is 34.8 Å². The van der Waals surface area contributed by atoms with Gasteiger partial charge in [0.2, 0.25) is 5.75 Å². The number of carbonyl (C=O) groups excluding carboxylic acids is 2. The van der Waals surface area contributed by atoms with Crippen molar-refractivity contribution >= 4 is 35.0 Å². The second-order valence-corrected chi connectivity index (χ2v) is 8.17. The Hall–Kier alpha value is -6.03. The average Bonchev–Trinajstić information content (AvgIpc) is 2.96. The Bertz CT molecular complexity index is 1610. The Morgan fingerprint density at radius 2 is 1.73 bits per heavy atom. The van der Waals surface area contributed by atoms with Crippen LogP contribution in [0.2, 0.25) is 0 Å². The van der Waals surface area contributed by atoms with Crippen LogP contribution >= 0.6 is 0 Å². The number of amides is 1. The van der Waals surface area contributed by atoms with Gasteiger partial charge in [0.15, 0.2) is 11.5 Å². The second-order valence-electron chi connectivity index (χ2n) is 8.17. The second kappa shape index (κ2) is 13.2. The van der Waals surface area contributed by atoms with Crippen LogP contribution in [-0.2, 0) is 16.0 Å². The van der Waals surface area contributed by atoms with Crippen molar-refractivity contribution in [2.24, 2.45) is 0 Å². The number of hydrogen-bond acceptors (Lipinski definition) is 10. The molecule has 0 heterocycles. The first-order valence-electron chi connectivity index (χ1n) is 11.7. The zero-order chi connectivity index (χ0) is 30.1. The molecule has 208 valence electrons. The normalized spacial score (nSPS) is 10.6. The molecule has 3 rings (SSSR count). The number of nitrogens with one attached hydrogen (secondary N) is 1. The Balaban J connectivity index is 1.98. The highest BCUT2D eigenvalue weighted by Crippen LogP contribution is 2.41. The zero-order valence-corrected chi connectivity index (χ0v) is 21.8. The summed E-state index contributed by atoms with van der Waals surface area (Å²) in [6.45, 7) is 3.70. The van der Waals surface area contributed by atoms with E-state index in [0.717, 1.165) is 18.2 Å². The number of allylic oxidation sites excluding steroid dienone is 1. The van der Waals surface area contributed by atoms with Crippen molar-refractivity contribution in [1.29, 1.82) is 5.26 Å². The molecule has 0 bridgehead atoms. The SMILES string of the molecule is C=CCc1cc(/C=C(\C#N)C(=O)Nc2ccc(C(=O)OC)cc2)cc(OC)c1Oc1ccc([N+](=O)[O-])cc1[N+](=O)[O-]. The number of ether oxygens (including phenoxy) is 3. The fraction of sp³-hybridized carbons (Fsp3) is 0.107. The standard InChI is InChI=1S/C28H22N4O9/c1-4-5-19-12-17(13-20(16-29)27(33)30-21-8-6-18(7-9-21)28(34)40-3)14-25(39-2)26(19)41-24-11-10-22(31(35)36)15-23(24)32(37)38/h4,6-15H,1,5H2,2-3H3,(H,30,33)/b20-13+. The molecule has 3 aromatic carbocycles. The molecule has 1 N–H and O–H groups in total. The number of esters is 1. The average molecular weight is 559 g/mol. The molecule has 41 heavy (non-hydrogen) atoms. The number of rotatable bonds is 11. The third kappa shape index (κ3) is 7.09. The largest absolute Gasteiger partial charge is 0.493 e. The topological polar surface area (TPSA) is 184 Å². The first kappa shape index (κ1) is 29.5. The molecule has 3 aromatic rings. The van der Waals surface area contributed by atoms with Gasteiger partial charge in [-0.05, 0) is 60.5 Å². The van der Waals surface area contributed by atoms with Gasteiger partial charge in [-0.15, -0.1) is 6.58 Å². The predicted molar refractivity (Wildman–Crippen MR) is 147 cm³/mol. The van der Waals surface area contributed by atoms with E-state index in [4.69, 9.17) is 9.47 Å². The summed E-state index contributed by atoms with van der Waals surface area (Å²) in [5, 5.41) is 34.9. The van der Waals surface area contributed by atoms with Crippen LogP contribution in [0.15, 0.2) is 72.8 Å². The first-order valence-corrected chi connectivity index (χ1v) is 11.7. The predicted octanol–water partition coefficient (Wildman–Crippen LogP) is 5.36. The Labute approximate surface area is 233 Å². The van der Waals surface area contributed by atoms with Crippen molar-refractivity contribution in [3.05, 3.63) is 110 Å². The molecule has 0 fully saturated rings. The fourth-order valence-electron chi connectivity index (χ4n) is 3.62. The summed E-state index contributed by atoms with van der Waals surface area (Å²) >= 11 is 0. The number of nitriles is 1. The van der Waals surface area contributed by atoms with E-state index in [1.54, 1.807) is 6.07 Å². The van der Waals surface area contributed by atoms with E-state index < -0.39 is 33.1 Å². The van der Waals surface area contributed by atoms with Crippen molar-refractivity contribution in [3.8, 4) is 23.3 Å². The molecule has 0 saturated carbocycles. The molecular weight excluding hydrogens is 536 g/mol. The van der Waals surface area contributed by atoms with E-state index in [2.05, 4.69) is 16.6 Å². The minimum atomic E-state index is -0.806. The number of nitro benzene ring substituents is 2. The van der Waals surface area contributed by atoms with Gasteiger partial charge in [0, 0.05) is 17.3 Å². The molecular formula is C28H22N4O9. The highest BCUT2D eigenvalue weighted by Gasteiger charge is 2.24. The van der Waals surface area contributed by atoms with Gasteiger partial charge in [-0.1, -0.05) is 6.08 Å². The van der Waals surface area contributed by atoms with Crippen LogP contribution in [0.25, 0.3) is 6.08 Å². The van der Waals surface area contributed by atoms with E-state index >= 15 is 0 Å². The van der Waals surface area contributed by atoms with Crippen molar-refractivity contribution in [3.63, 3.8) is 0 Å². The Morgan fingerprint density at radius 3 is 2.29 bits per heavy atom. The van der Waals surface area contributed by atoms with E-state index in [1.165, 1.54) is 56.7 Å². The van der Waals surface area contributed by atoms with Crippen molar-refractivity contribution < 1.29 is 33.6 Å². The molecule has 1 amide bonds.